The zero-order valence-corrected chi connectivity index (χ0v) is 27.0. The summed E-state index contributed by atoms with van der Waals surface area (Å²) in [5, 5.41) is 48.9. The molecule has 2 atom stereocenters. The van der Waals surface area contributed by atoms with E-state index in [9.17, 15) is 30.0 Å². The summed E-state index contributed by atoms with van der Waals surface area (Å²) in [6.07, 6.45) is 0. The smallest absolute Gasteiger partial charge is 0.349 e. The number of hydrogen-bond acceptors (Lipinski definition) is 7. The second-order valence-corrected chi connectivity index (χ2v) is 17.0. The van der Waals surface area contributed by atoms with Crippen molar-refractivity contribution in [2.24, 2.45) is 32.5 Å². The topological polar surface area (TPSA) is 124 Å². The van der Waals surface area contributed by atoms with E-state index in [1.54, 1.807) is 125 Å². The first-order valence-electron chi connectivity index (χ1n) is 13.2. The Balaban J connectivity index is 7.48. The fraction of sp³-hybridized carbons (Fsp3) is 0.933. The molecule has 0 spiro atoms. The molecule has 0 radical (unpaired) electrons. The van der Waals surface area contributed by atoms with Crippen LogP contribution in [-0.2, 0) is 14.3 Å². The minimum atomic E-state index is -2.59. The third-order valence-corrected chi connectivity index (χ3v) is 8.34. The predicted octanol–water partition coefficient (Wildman–Crippen LogP) is 5.26. The molecule has 4 N–H and O–H groups in total. The Labute approximate surface area is 226 Å². The molecule has 0 saturated carbocycles. The maximum atomic E-state index is 14.0. The summed E-state index contributed by atoms with van der Waals surface area (Å²) < 4.78 is 5.41. The largest absolute Gasteiger partial charge is 0.389 e. The van der Waals surface area contributed by atoms with Gasteiger partial charge >= 0.3 is 11.9 Å². The van der Waals surface area contributed by atoms with Gasteiger partial charge < -0.3 is 25.2 Å². The van der Waals surface area contributed by atoms with Gasteiger partial charge in [0, 0.05) is 10.8 Å². The molecular formula is C30H58O7. The minimum Gasteiger partial charge on any atom is -0.389 e. The second kappa shape index (κ2) is 9.28. The number of esters is 2. The molecule has 0 amide bonds. The van der Waals surface area contributed by atoms with E-state index < -0.39 is 66.8 Å². The van der Waals surface area contributed by atoms with Gasteiger partial charge in [-0.1, -0.05) is 125 Å². The molecule has 0 aromatic heterocycles. The molecule has 0 aromatic rings. The summed E-state index contributed by atoms with van der Waals surface area (Å²) >= 11 is 0. The maximum absolute atomic E-state index is 14.0. The van der Waals surface area contributed by atoms with Gasteiger partial charge in [-0.25, -0.2) is 9.59 Å². The standard InChI is InChI=1S/C30H58O7/c1-21(2,3)27(33,29(35,23(7,8)9)24(10,11)12)19(31)37-20(32)28(34,22(4,5)6)30(36,25(13,14)15)26(16,17)18/h33-36H,1-18H3. The quantitative estimate of drug-likeness (QED) is 0.289. The molecule has 7 nitrogen and oxygen atoms in total. The highest BCUT2D eigenvalue weighted by molar-refractivity contribution is 5.96. The van der Waals surface area contributed by atoms with E-state index in [1.807, 2.05) is 0 Å². The summed E-state index contributed by atoms with van der Waals surface area (Å²) in [5.74, 6) is -2.77. The van der Waals surface area contributed by atoms with Gasteiger partial charge in [0.25, 0.3) is 0 Å². The van der Waals surface area contributed by atoms with Crippen LogP contribution < -0.4 is 0 Å². The van der Waals surface area contributed by atoms with Gasteiger partial charge in [0.1, 0.15) is 11.2 Å². The van der Waals surface area contributed by atoms with Gasteiger partial charge in [0.15, 0.2) is 11.2 Å². The number of ether oxygens (including phenoxy) is 1. The Bertz CT molecular complexity index is 761. The van der Waals surface area contributed by atoms with Crippen LogP contribution in [0.25, 0.3) is 0 Å². The third-order valence-electron chi connectivity index (χ3n) is 8.34. The van der Waals surface area contributed by atoms with Crippen molar-refractivity contribution in [1.82, 2.24) is 0 Å². The molecule has 0 fully saturated rings. The second-order valence-electron chi connectivity index (χ2n) is 17.0. The predicted molar refractivity (Wildman–Crippen MR) is 148 cm³/mol. The molecule has 0 heterocycles. The fourth-order valence-corrected chi connectivity index (χ4v) is 6.65. The normalized spacial score (nSPS) is 18.6. The maximum Gasteiger partial charge on any atom is 0.349 e. The van der Waals surface area contributed by atoms with Crippen LogP contribution in [0.3, 0.4) is 0 Å². The number of aliphatic hydroxyl groups is 4. The van der Waals surface area contributed by atoms with E-state index in [2.05, 4.69) is 0 Å². The van der Waals surface area contributed by atoms with Crippen molar-refractivity contribution in [2.45, 2.75) is 147 Å². The lowest BCUT2D eigenvalue weighted by Gasteiger charge is -2.61. The first-order valence-corrected chi connectivity index (χ1v) is 13.2. The molecule has 0 saturated heterocycles. The summed E-state index contributed by atoms with van der Waals surface area (Å²) in [4.78, 5) is 28.0. The van der Waals surface area contributed by atoms with Crippen LogP contribution in [0, 0.1) is 32.5 Å². The van der Waals surface area contributed by atoms with Crippen molar-refractivity contribution in [2.75, 3.05) is 0 Å². The van der Waals surface area contributed by atoms with E-state index in [0.29, 0.717) is 0 Å². The van der Waals surface area contributed by atoms with Crippen molar-refractivity contribution in [3.05, 3.63) is 0 Å². The van der Waals surface area contributed by atoms with Crippen LogP contribution in [-0.4, -0.2) is 54.8 Å². The highest BCUT2D eigenvalue weighted by Crippen LogP contribution is 2.58. The van der Waals surface area contributed by atoms with Crippen LogP contribution in [0.2, 0.25) is 0 Å². The molecule has 220 valence electrons. The van der Waals surface area contributed by atoms with Crippen molar-refractivity contribution < 1.29 is 34.8 Å². The van der Waals surface area contributed by atoms with Gasteiger partial charge in [-0.15, -0.1) is 0 Å². The van der Waals surface area contributed by atoms with Gasteiger partial charge in [0.2, 0.25) is 0 Å². The SMILES string of the molecule is CC(C)(C)C(O)(C(=O)OC(=O)C(O)(C(C)(C)C)C(O)(C(C)(C)C)C(C)(C)C)C(O)(C(C)(C)C)C(C)(C)C. The van der Waals surface area contributed by atoms with Crippen LogP contribution in [0.1, 0.15) is 125 Å². The fourth-order valence-electron chi connectivity index (χ4n) is 6.65. The van der Waals surface area contributed by atoms with Crippen LogP contribution in [0.4, 0.5) is 0 Å². The van der Waals surface area contributed by atoms with E-state index >= 15 is 0 Å². The van der Waals surface area contributed by atoms with Crippen molar-refractivity contribution in [1.29, 1.82) is 0 Å². The van der Waals surface area contributed by atoms with Gasteiger partial charge in [-0.2, -0.15) is 0 Å². The molecule has 0 aliphatic heterocycles. The Morgan fingerprint density at radius 1 is 0.378 bits per heavy atom. The summed E-state index contributed by atoms with van der Waals surface area (Å²) in [7, 11) is 0. The van der Waals surface area contributed by atoms with Gasteiger partial charge in [-0.3, -0.25) is 0 Å². The lowest BCUT2D eigenvalue weighted by Crippen LogP contribution is -2.78. The first-order chi connectivity index (χ1) is 15.5. The molecule has 0 rings (SSSR count). The van der Waals surface area contributed by atoms with Crippen molar-refractivity contribution in [3.63, 3.8) is 0 Å². The van der Waals surface area contributed by atoms with E-state index in [4.69, 9.17) is 4.74 Å². The molecule has 0 aromatic carbocycles. The average Bonchev–Trinajstić information content (AvgIpc) is 2.59. The van der Waals surface area contributed by atoms with Crippen molar-refractivity contribution >= 4 is 11.9 Å². The van der Waals surface area contributed by atoms with Gasteiger partial charge in [0.05, 0.1) is 0 Å². The summed E-state index contributed by atoms with van der Waals surface area (Å²) in [5.41, 5.74) is -16.2. The number of hydrogen-bond donors (Lipinski definition) is 4. The molecule has 0 aliphatic carbocycles. The zero-order valence-electron chi connectivity index (χ0n) is 27.0. The number of carbonyl (C=O) groups excluding carboxylic acids is 2. The van der Waals surface area contributed by atoms with E-state index in [-0.39, 0.29) is 0 Å². The lowest BCUT2D eigenvalue weighted by molar-refractivity contribution is -0.296. The Kier molecular flexibility index (Phi) is 9.02. The molecule has 7 heteroatoms. The third kappa shape index (κ3) is 5.03. The molecular weight excluding hydrogens is 472 g/mol. The minimum absolute atomic E-state index is 1.05. The Hall–Kier alpha value is -1.02. The molecule has 0 aliphatic rings. The molecule has 37 heavy (non-hydrogen) atoms. The summed E-state index contributed by atoms with van der Waals surface area (Å²) in [6, 6.07) is 0. The van der Waals surface area contributed by atoms with E-state index in [0.717, 1.165) is 0 Å². The lowest BCUT2D eigenvalue weighted by atomic mass is 9.49. The Morgan fingerprint density at radius 2 is 0.541 bits per heavy atom. The van der Waals surface area contributed by atoms with E-state index in [1.165, 1.54) is 0 Å². The number of carbonyl (C=O) groups is 2. The van der Waals surface area contributed by atoms with Crippen LogP contribution in [0.5, 0.6) is 0 Å². The van der Waals surface area contributed by atoms with Crippen molar-refractivity contribution in [3.8, 4) is 0 Å². The monoisotopic (exact) mass is 530 g/mol. The van der Waals surface area contributed by atoms with Crippen LogP contribution in [0.15, 0.2) is 0 Å². The van der Waals surface area contributed by atoms with Crippen LogP contribution >= 0.6 is 0 Å². The average molecular weight is 531 g/mol. The number of rotatable bonds is 4. The Morgan fingerprint density at radius 3 is 0.649 bits per heavy atom. The first kappa shape index (κ1) is 36.0. The molecule has 0 bridgehead atoms. The highest BCUT2D eigenvalue weighted by Gasteiger charge is 2.74. The zero-order chi connectivity index (χ0) is 30.9. The highest BCUT2D eigenvalue weighted by atomic mass is 16.6. The van der Waals surface area contributed by atoms with Gasteiger partial charge in [-0.05, 0) is 21.7 Å². The molecule has 2 unspecified atom stereocenters. The summed E-state index contributed by atoms with van der Waals surface area (Å²) in [6.45, 7) is 29.9.